The van der Waals surface area contributed by atoms with Gasteiger partial charge in [0, 0.05) is 22.7 Å². The monoisotopic (exact) mass is 302 g/mol. The van der Waals surface area contributed by atoms with Gasteiger partial charge in [-0.1, -0.05) is 42.5 Å². The van der Waals surface area contributed by atoms with Crippen LogP contribution < -0.4 is 10.6 Å². The van der Waals surface area contributed by atoms with Crippen LogP contribution in [0.3, 0.4) is 0 Å². The predicted octanol–water partition coefficient (Wildman–Crippen LogP) is 6.10. The normalized spacial score (nSPS) is 10.4. The largest absolute Gasteiger partial charge is 0.355 e. The number of aryl methyl sites for hydroxylation is 2. The highest BCUT2D eigenvalue weighted by Crippen LogP contribution is 2.30. The van der Waals surface area contributed by atoms with Gasteiger partial charge in [-0.15, -0.1) is 0 Å². The molecule has 0 amide bonds. The summed E-state index contributed by atoms with van der Waals surface area (Å²) in [5.74, 6) is 0. The second kappa shape index (κ2) is 6.57. The van der Waals surface area contributed by atoms with E-state index in [1.807, 2.05) is 0 Å². The first-order valence-electron chi connectivity index (χ1n) is 7.90. The summed E-state index contributed by atoms with van der Waals surface area (Å²) in [4.78, 5) is 0. The van der Waals surface area contributed by atoms with Crippen molar-refractivity contribution in [3.8, 4) is 0 Å². The Hall–Kier alpha value is -2.74. The second-order valence-electron chi connectivity index (χ2n) is 5.86. The Morgan fingerprint density at radius 2 is 0.870 bits per heavy atom. The van der Waals surface area contributed by atoms with E-state index in [2.05, 4.69) is 98.1 Å². The molecule has 23 heavy (non-hydrogen) atoms. The van der Waals surface area contributed by atoms with E-state index in [4.69, 9.17) is 0 Å². The summed E-state index contributed by atoms with van der Waals surface area (Å²) >= 11 is 0. The van der Waals surface area contributed by atoms with Crippen LogP contribution in [-0.4, -0.2) is 0 Å². The predicted molar refractivity (Wildman–Crippen MR) is 100 cm³/mol. The van der Waals surface area contributed by atoms with Gasteiger partial charge in [0.25, 0.3) is 0 Å². The van der Waals surface area contributed by atoms with Crippen molar-refractivity contribution in [2.24, 2.45) is 0 Å². The molecule has 2 N–H and O–H groups in total. The summed E-state index contributed by atoms with van der Waals surface area (Å²) < 4.78 is 0. The molecule has 0 radical (unpaired) electrons. The van der Waals surface area contributed by atoms with E-state index in [1.54, 1.807) is 0 Å². The molecule has 116 valence electrons. The van der Waals surface area contributed by atoms with Gasteiger partial charge < -0.3 is 10.6 Å². The van der Waals surface area contributed by atoms with E-state index in [0.29, 0.717) is 0 Å². The van der Waals surface area contributed by atoms with Gasteiger partial charge in [-0.2, -0.15) is 0 Å². The topological polar surface area (TPSA) is 24.1 Å². The standard InChI is InChI=1S/C21H22N2/c1-15-9-4-6-11-18(15)22-20-13-8-14-21(17(20)3)23-19-12-7-5-10-16(19)2/h4-14,22-23H,1-3H3. The van der Waals surface area contributed by atoms with Crippen LogP contribution in [0.2, 0.25) is 0 Å². The zero-order valence-corrected chi connectivity index (χ0v) is 13.9. The van der Waals surface area contributed by atoms with Gasteiger partial charge in [0.15, 0.2) is 0 Å². The van der Waals surface area contributed by atoms with Crippen molar-refractivity contribution in [2.75, 3.05) is 10.6 Å². The zero-order valence-electron chi connectivity index (χ0n) is 13.9. The average Bonchev–Trinajstić information content (AvgIpc) is 2.55. The molecular weight excluding hydrogens is 280 g/mol. The highest BCUT2D eigenvalue weighted by Gasteiger charge is 2.06. The van der Waals surface area contributed by atoms with E-state index < -0.39 is 0 Å². The third-order valence-corrected chi connectivity index (χ3v) is 4.16. The van der Waals surface area contributed by atoms with Crippen molar-refractivity contribution in [3.05, 3.63) is 83.4 Å². The van der Waals surface area contributed by atoms with Crippen LogP contribution in [0.1, 0.15) is 16.7 Å². The summed E-state index contributed by atoms with van der Waals surface area (Å²) in [6, 6.07) is 23.0. The SMILES string of the molecule is Cc1ccccc1Nc1cccc(Nc2ccccc2C)c1C. The number of anilines is 4. The van der Waals surface area contributed by atoms with Crippen molar-refractivity contribution in [1.82, 2.24) is 0 Å². The van der Waals surface area contributed by atoms with Crippen LogP contribution in [0, 0.1) is 20.8 Å². The summed E-state index contributed by atoms with van der Waals surface area (Å²) in [6.07, 6.45) is 0. The minimum absolute atomic E-state index is 1.12. The molecule has 0 bridgehead atoms. The molecule has 2 heteroatoms. The molecule has 0 aliphatic carbocycles. The highest BCUT2D eigenvalue weighted by atomic mass is 14.9. The van der Waals surface area contributed by atoms with Crippen molar-refractivity contribution >= 4 is 22.7 Å². The van der Waals surface area contributed by atoms with E-state index >= 15 is 0 Å². The van der Waals surface area contributed by atoms with E-state index in [9.17, 15) is 0 Å². The molecule has 0 unspecified atom stereocenters. The lowest BCUT2D eigenvalue weighted by Gasteiger charge is -2.17. The van der Waals surface area contributed by atoms with Crippen molar-refractivity contribution in [1.29, 1.82) is 0 Å². The fourth-order valence-electron chi connectivity index (χ4n) is 2.62. The Morgan fingerprint density at radius 3 is 1.30 bits per heavy atom. The van der Waals surface area contributed by atoms with Gasteiger partial charge in [0.1, 0.15) is 0 Å². The molecule has 3 aromatic carbocycles. The van der Waals surface area contributed by atoms with Crippen LogP contribution in [0.5, 0.6) is 0 Å². The third-order valence-electron chi connectivity index (χ3n) is 4.16. The lowest BCUT2D eigenvalue weighted by atomic mass is 10.1. The molecule has 0 aliphatic rings. The molecule has 3 rings (SSSR count). The smallest absolute Gasteiger partial charge is 0.0434 e. The summed E-state index contributed by atoms with van der Waals surface area (Å²) in [5, 5.41) is 7.08. The maximum Gasteiger partial charge on any atom is 0.0434 e. The average molecular weight is 302 g/mol. The Kier molecular flexibility index (Phi) is 4.33. The summed E-state index contributed by atoms with van der Waals surface area (Å²) in [6.45, 7) is 6.38. The van der Waals surface area contributed by atoms with Crippen LogP contribution in [0.4, 0.5) is 22.7 Å². The van der Waals surface area contributed by atoms with Crippen molar-refractivity contribution in [3.63, 3.8) is 0 Å². The maximum atomic E-state index is 3.54. The van der Waals surface area contributed by atoms with Crippen LogP contribution >= 0.6 is 0 Å². The van der Waals surface area contributed by atoms with E-state index in [1.165, 1.54) is 16.7 Å². The molecule has 0 fully saturated rings. The van der Waals surface area contributed by atoms with E-state index in [0.717, 1.165) is 22.7 Å². The first kappa shape index (κ1) is 15.2. The van der Waals surface area contributed by atoms with E-state index in [-0.39, 0.29) is 0 Å². The molecule has 0 saturated carbocycles. The fraction of sp³-hybridized carbons (Fsp3) is 0.143. The van der Waals surface area contributed by atoms with Gasteiger partial charge in [0.05, 0.1) is 0 Å². The summed E-state index contributed by atoms with van der Waals surface area (Å²) in [7, 11) is 0. The highest BCUT2D eigenvalue weighted by molar-refractivity contribution is 5.75. The van der Waals surface area contributed by atoms with Crippen LogP contribution in [0.15, 0.2) is 66.7 Å². The molecule has 0 spiro atoms. The molecule has 0 atom stereocenters. The Bertz CT molecular complexity index is 756. The Balaban J connectivity index is 1.90. The van der Waals surface area contributed by atoms with Gasteiger partial charge in [-0.3, -0.25) is 0 Å². The second-order valence-corrected chi connectivity index (χ2v) is 5.86. The molecular formula is C21H22N2. The molecule has 3 aromatic rings. The quantitative estimate of drug-likeness (QED) is 0.608. The first-order chi connectivity index (χ1) is 11.1. The Labute approximate surface area is 138 Å². The van der Waals surface area contributed by atoms with Gasteiger partial charge >= 0.3 is 0 Å². The van der Waals surface area contributed by atoms with Gasteiger partial charge in [-0.05, 0) is 61.7 Å². The minimum atomic E-state index is 1.12. The van der Waals surface area contributed by atoms with Gasteiger partial charge in [-0.25, -0.2) is 0 Å². The fourth-order valence-corrected chi connectivity index (χ4v) is 2.62. The molecule has 0 saturated heterocycles. The van der Waals surface area contributed by atoms with Gasteiger partial charge in [0.2, 0.25) is 0 Å². The Morgan fingerprint density at radius 1 is 0.478 bits per heavy atom. The van der Waals surface area contributed by atoms with Crippen molar-refractivity contribution in [2.45, 2.75) is 20.8 Å². The number of hydrogen-bond donors (Lipinski definition) is 2. The number of nitrogens with one attached hydrogen (secondary N) is 2. The first-order valence-corrected chi connectivity index (χ1v) is 7.90. The maximum absolute atomic E-state index is 3.54. The number of hydrogen-bond acceptors (Lipinski definition) is 2. The summed E-state index contributed by atoms with van der Waals surface area (Å²) in [5.41, 5.74) is 8.22. The number of rotatable bonds is 4. The minimum Gasteiger partial charge on any atom is -0.355 e. The lowest BCUT2D eigenvalue weighted by molar-refractivity contribution is 1.37. The molecule has 0 aromatic heterocycles. The van der Waals surface area contributed by atoms with Crippen LogP contribution in [-0.2, 0) is 0 Å². The zero-order chi connectivity index (χ0) is 16.2. The number of benzene rings is 3. The number of para-hydroxylation sites is 2. The molecule has 0 heterocycles. The molecule has 2 nitrogen and oxygen atoms in total. The van der Waals surface area contributed by atoms with Crippen molar-refractivity contribution < 1.29 is 0 Å². The third kappa shape index (κ3) is 3.37. The lowest BCUT2D eigenvalue weighted by Crippen LogP contribution is -1.99. The van der Waals surface area contributed by atoms with Crippen LogP contribution in [0.25, 0.3) is 0 Å². The molecule has 0 aliphatic heterocycles.